The van der Waals surface area contributed by atoms with Crippen molar-refractivity contribution < 1.29 is 9.84 Å². The highest BCUT2D eigenvalue weighted by Crippen LogP contribution is 2.35. The van der Waals surface area contributed by atoms with E-state index in [1.54, 1.807) is 0 Å². The summed E-state index contributed by atoms with van der Waals surface area (Å²) in [6.45, 7) is 4.13. The van der Waals surface area contributed by atoms with Gasteiger partial charge in [-0.15, -0.1) is 0 Å². The predicted octanol–water partition coefficient (Wildman–Crippen LogP) is 2.20. The quantitative estimate of drug-likeness (QED) is 0.660. The fraction of sp³-hybridized carbons (Fsp3) is 0.455. The zero-order chi connectivity index (χ0) is 9.42. The maximum Gasteiger partial charge on any atom is 0.197 e. The molecule has 0 aliphatic carbocycles. The smallest absolute Gasteiger partial charge is 0.197 e. The van der Waals surface area contributed by atoms with Gasteiger partial charge in [-0.05, 0) is 30.0 Å². The summed E-state index contributed by atoms with van der Waals surface area (Å²) < 4.78 is 5.34. The number of aliphatic hydroxyl groups excluding tert-OH is 1. The Kier molecular flexibility index (Phi) is 2.00. The molecule has 1 aliphatic rings. The molecule has 2 nitrogen and oxygen atoms in total. The normalized spacial score (nSPS) is 26.4. The van der Waals surface area contributed by atoms with Crippen molar-refractivity contribution in [1.29, 1.82) is 0 Å². The molecular weight excluding hydrogens is 164 g/mol. The van der Waals surface area contributed by atoms with Crippen molar-refractivity contribution in [2.75, 3.05) is 0 Å². The molecule has 1 aromatic rings. The van der Waals surface area contributed by atoms with Crippen LogP contribution in [0, 0.1) is 6.92 Å². The van der Waals surface area contributed by atoms with Gasteiger partial charge < -0.3 is 9.84 Å². The zero-order valence-corrected chi connectivity index (χ0v) is 7.95. The fourth-order valence-corrected chi connectivity index (χ4v) is 1.77. The molecule has 13 heavy (non-hydrogen) atoms. The van der Waals surface area contributed by atoms with Crippen LogP contribution in [0.15, 0.2) is 18.2 Å². The molecule has 2 atom stereocenters. The molecule has 1 N–H and O–H groups in total. The Hall–Kier alpha value is -1.02. The summed E-state index contributed by atoms with van der Waals surface area (Å²) in [5, 5.41) is 9.40. The van der Waals surface area contributed by atoms with Gasteiger partial charge in [-0.25, -0.2) is 0 Å². The van der Waals surface area contributed by atoms with Crippen molar-refractivity contribution in [3.63, 3.8) is 0 Å². The van der Waals surface area contributed by atoms with Gasteiger partial charge in [0.15, 0.2) is 6.29 Å². The summed E-state index contributed by atoms with van der Waals surface area (Å²) in [6.07, 6.45) is 0.0556. The number of benzene rings is 1. The van der Waals surface area contributed by atoms with Crippen LogP contribution in [0.3, 0.4) is 0 Å². The van der Waals surface area contributed by atoms with Crippen molar-refractivity contribution >= 4 is 0 Å². The van der Waals surface area contributed by atoms with E-state index >= 15 is 0 Å². The SMILES string of the molecule is Cc1ccc2c(c1)OC(O)C[C@@H]2C. The molecule has 0 radical (unpaired) electrons. The zero-order valence-electron chi connectivity index (χ0n) is 7.95. The minimum absolute atomic E-state index is 0.388. The first-order valence-electron chi connectivity index (χ1n) is 4.62. The average Bonchev–Trinajstić information content (AvgIpc) is 2.02. The third-order valence-corrected chi connectivity index (χ3v) is 2.52. The van der Waals surface area contributed by atoms with Gasteiger partial charge in [0, 0.05) is 6.42 Å². The van der Waals surface area contributed by atoms with Gasteiger partial charge in [0.25, 0.3) is 0 Å². The van der Waals surface area contributed by atoms with Crippen LogP contribution in [0.5, 0.6) is 5.75 Å². The van der Waals surface area contributed by atoms with Crippen molar-refractivity contribution in [2.24, 2.45) is 0 Å². The van der Waals surface area contributed by atoms with Crippen LogP contribution in [0.2, 0.25) is 0 Å². The molecule has 0 spiro atoms. The molecule has 0 fully saturated rings. The van der Waals surface area contributed by atoms with E-state index in [4.69, 9.17) is 4.74 Å². The van der Waals surface area contributed by atoms with E-state index in [0.29, 0.717) is 12.3 Å². The molecular formula is C11H14O2. The van der Waals surface area contributed by atoms with Crippen LogP contribution < -0.4 is 4.74 Å². The monoisotopic (exact) mass is 178 g/mol. The summed E-state index contributed by atoms with van der Waals surface area (Å²) in [4.78, 5) is 0. The minimum atomic E-state index is -0.635. The van der Waals surface area contributed by atoms with Gasteiger partial charge in [0.05, 0.1) is 0 Å². The van der Waals surface area contributed by atoms with E-state index in [9.17, 15) is 5.11 Å². The standard InChI is InChI=1S/C11H14O2/c1-7-3-4-9-8(2)6-11(12)13-10(9)5-7/h3-5,8,11-12H,6H2,1-2H3/t8-,11?/m0/s1. The van der Waals surface area contributed by atoms with Gasteiger partial charge in [0.2, 0.25) is 0 Å². The number of hydrogen-bond acceptors (Lipinski definition) is 2. The average molecular weight is 178 g/mol. The molecule has 2 rings (SSSR count). The molecule has 1 unspecified atom stereocenters. The highest BCUT2D eigenvalue weighted by molar-refractivity contribution is 5.40. The molecule has 0 saturated heterocycles. The lowest BCUT2D eigenvalue weighted by Gasteiger charge is -2.27. The summed E-state index contributed by atoms with van der Waals surface area (Å²) in [5.74, 6) is 1.23. The largest absolute Gasteiger partial charge is 0.465 e. The lowest BCUT2D eigenvalue weighted by molar-refractivity contribution is -0.0375. The summed E-state index contributed by atoms with van der Waals surface area (Å²) in [7, 11) is 0. The lowest BCUT2D eigenvalue weighted by Crippen LogP contribution is -2.23. The van der Waals surface area contributed by atoms with Gasteiger partial charge in [-0.2, -0.15) is 0 Å². The summed E-state index contributed by atoms with van der Waals surface area (Å²) in [6, 6.07) is 6.14. The maximum atomic E-state index is 9.40. The van der Waals surface area contributed by atoms with E-state index in [1.165, 1.54) is 11.1 Å². The van der Waals surface area contributed by atoms with Crippen LogP contribution in [-0.2, 0) is 0 Å². The molecule has 0 saturated carbocycles. The van der Waals surface area contributed by atoms with Crippen molar-refractivity contribution in [2.45, 2.75) is 32.5 Å². The second-order valence-corrected chi connectivity index (χ2v) is 3.75. The fourth-order valence-electron chi connectivity index (χ4n) is 1.77. The van der Waals surface area contributed by atoms with Crippen molar-refractivity contribution in [3.8, 4) is 5.75 Å². The summed E-state index contributed by atoms with van der Waals surface area (Å²) in [5.41, 5.74) is 2.37. The molecule has 70 valence electrons. The Morgan fingerprint density at radius 2 is 2.23 bits per heavy atom. The van der Waals surface area contributed by atoms with Crippen LogP contribution >= 0.6 is 0 Å². The highest BCUT2D eigenvalue weighted by Gasteiger charge is 2.23. The number of rotatable bonds is 0. The van der Waals surface area contributed by atoms with Crippen LogP contribution in [0.4, 0.5) is 0 Å². The number of ether oxygens (including phenoxy) is 1. The topological polar surface area (TPSA) is 29.5 Å². The molecule has 0 amide bonds. The number of aliphatic hydroxyl groups is 1. The molecule has 0 aromatic heterocycles. The van der Waals surface area contributed by atoms with E-state index in [-0.39, 0.29) is 0 Å². The second kappa shape index (κ2) is 3.04. The molecule has 0 bridgehead atoms. The predicted molar refractivity (Wildman–Crippen MR) is 50.8 cm³/mol. The molecule has 1 aromatic carbocycles. The first-order chi connectivity index (χ1) is 6.16. The van der Waals surface area contributed by atoms with E-state index in [2.05, 4.69) is 19.1 Å². The highest BCUT2D eigenvalue weighted by atomic mass is 16.6. The number of fused-ring (bicyclic) bond motifs is 1. The lowest BCUT2D eigenvalue weighted by atomic mass is 9.93. The van der Waals surface area contributed by atoms with Gasteiger partial charge >= 0.3 is 0 Å². The van der Waals surface area contributed by atoms with Crippen molar-refractivity contribution in [3.05, 3.63) is 29.3 Å². The Morgan fingerprint density at radius 3 is 3.00 bits per heavy atom. The van der Waals surface area contributed by atoms with Gasteiger partial charge in [0.1, 0.15) is 5.75 Å². The van der Waals surface area contributed by atoms with E-state index in [1.807, 2.05) is 13.0 Å². The third-order valence-electron chi connectivity index (χ3n) is 2.52. The van der Waals surface area contributed by atoms with Crippen molar-refractivity contribution in [1.82, 2.24) is 0 Å². The summed E-state index contributed by atoms with van der Waals surface area (Å²) >= 11 is 0. The van der Waals surface area contributed by atoms with Crippen LogP contribution in [0.25, 0.3) is 0 Å². The first kappa shape index (κ1) is 8.57. The Morgan fingerprint density at radius 1 is 1.46 bits per heavy atom. The first-order valence-corrected chi connectivity index (χ1v) is 4.62. The number of hydrogen-bond donors (Lipinski definition) is 1. The van der Waals surface area contributed by atoms with Crippen LogP contribution in [-0.4, -0.2) is 11.4 Å². The molecule has 1 heterocycles. The Labute approximate surface area is 78.2 Å². The third kappa shape index (κ3) is 1.54. The number of aryl methyl sites for hydroxylation is 1. The van der Waals surface area contributed by atoms with Gasteiger partial charge in [-0.1, -0.05) is 19.1 Å². The molecule has 2 heteroatoms. The van der Waals surface area contributed by atoms with Gasteiger partial charge in [-0.3, -0.25) is 0 Å². The van der Waals surface area contributed by atoms with Crippen LogP contribution in [0.1, 0.15) is 30.4 Å². The molecule has 1 aliphatic heterocycles. The Balaban J connectivity index is 2.43. The van der Waals surface area contributed by atoms with E-state index in [0.717, 1.165) is 5.75 Å². The Bertz CT molecular complexity index is 320. The maximum absolute atomic E-state index is 9.40. The minimum Gasteiger partial charge on any atom is -0.465 e. The van der Waals surface area contributed by atoms with E-state index < -0.39 is 6.29 Å². The second-order valence-electron chi connectivity index (χ2n) is 3.75.